The van der Waals surface area contributed by atoms with E-state index in [0.717, 1.165) is 44.2 Å². The smallest absolute Gasteiger partial charge is 0.134 e. The van der Waals surface area contributed by atoms with Crippen LogP contribution in [0.1, 0.15) is 44.1 Å². The van der Waals surface area contributed by atoms with Crippen LogP contribution < -0.4 is 0 Å². The largest absolute Gasteiger partial charge is 0.251 e. The van der Waals surface area contributed by atoms with Gasteiger partial charge in [-0.3, -0.25) is 4.39 Å². The molecule has 0 N–H and O–H groups in total. The van der Waals surface area contributed by atoms with E-state index in [1.54, 1.807) is 0 Å². The van der Waals surface area contributed by atoms with E-state index in [-0.39, 0.29) is 12.2 Å². The molecule has 0 aromatic heterocycles. The van der Waals surface area contributed by atoms with Gasteiger partial charge in [0.2, 0.25) is 0 Å². The first-order valence-corrected chi connectivity index (χ1v) is 8.51. The zero-order valence-corrected chi connectivity index (χ0v) is 13.9. The highest BCUT2D eigenvalue weighted by Crippen LogP contribution is 2.29. The minimum absolute atomic E-state index is 0.160. The Morgan fingerprint density at radius 3 is 1.68 bits per heavy atom. The third-order valence-electron chi connectivity index (χ3n) is 4.10. The fourth-order valence-corrected chi connectivity index (χ4v) is 2.87. The van der Waals surface area contributed by atoms with Crippen LogP contribution in [-0.2, 0) is 6.42 Å². The maximum absolute atomic E-state index is 14.3. The van der Waals surface area contributed by atoms with Gasteiger partial charge in [-0.2, -0.15) is 0 Å². The van der Waals surface area contributed by atoms with Crippen molar-refractivity contribution in [3.8, 4) is 11.1 Å². The van der Waals surface area contributed by atoms with Crippen LogP contribution in [0.5, 0.6) is 0 Å². The third kappa shape index (κ3) is 5.83. The Hall–Kier alpha value is -1.91. The van der Waals surface area contributed by atoms with Gasteiger partial charge < -0.3 is 0 Å². The van der Waals surface area contributed by atoms with Crippen LogP contribution in [-0.4, -0.2) is 6.67 Å². The first kappa shape index (κ1) is 19.4. The summed E-state index contributed by atoms with van der Waals surface area (Å²) in [6.07, 6.45) is 5.57. The molecular weight excluding hydrogens is 335 g/mol. The van der Waals surface area contributed by atoms with Gasteiger partial charge >= 0.3 is 0 Å². The molecular formula is C20H21F5. The molecule has 0 saturated carbocycles. The van der Waals surface area contributed by atoms with E-state index in [1.165, 1.54) is 12.1 Å². The third-order valence-corrected chi connectivity index (χ3v) is 4.10. The summed E-state index contributed by atoms with van der Waals surface area (Å²) in [7, 11) is 0. The summed E-state index contributed by atoms with van der Waals surface area (Å²) in [6, 6.07) is 4.89. The summed E-state index contributed by atoms with van der Waals surface area (Å²) >= 11 is 0. The summed E-state index contributed by atoms with van der Waals surface area (Å²) < 4.78 is 67.0. The second-order valence-corrected chi connectivity index (χ2v) is 6.15. The maximum atomic E-state index is 14.3. The van der Waals surface area contributed by atoms with Gasteiger partial charge in [0, 0.05) is 6.07 Å². The zero-order chi connectivity index (χ0) is 18.2. The summed E-state index contributed by atoms with van der Waals surface area (Å²) in [5.41, 5.74) is -0.0698. The molecule has 5 heteroatoms. The average Bonchev–Trinajstić information content (AvgIpc) is 2.52. The number of aryl methyl sites for hydroxylation is 1. The minimum atomic E-state index is -0.884. The standard InChI is InChI=1S/C20H21F5/c21-8-6-4-2-1-3-5-7-14-9-18(24)20(19(25)10-14)15-11-16(22)13-17(23)12-15/h9-13H,1-8H2. The number of hydrogen-bond acceptors (Lipinski definition) is 0. The van der Waals surface area contributed by atoms with Crippen molar-refractivity contribution in [3.63, 3.8) is 0 Å². The predicted octanol–water partition coefficient (Wildman–Crippen LogP) is 6.76. The van der Waals surface area contributed by atoms with Gasteiger partial charge in [0.15, 0.2) is 0 Å². The Labute approximate surface area is 144 Å². The number of halogens is 5. The van der Waals surface area contributed by atoms with Crippen molar-refractivity contribution < 1.29 is 22.0 Å². The van der Waals surface area contributed by atoms with Crippen molar-refractivity contribution >= 4 is 0 Å². The average molecular weight is 356 g/mol. The van der Waals surface area contributed by atoms with Crippen molar-refractivity contribution in [1.82, 2.24) is 0 Å². The second-order valence-electron chi connectivity index (χ2n) is 6.15. The van der Waals surface area contributed by atoms with Gasteiger partial charge in [0.05, 0.1) is 12.2 Å². The molecule has 0 nitrogen and oxygen atoms in total. The second kappa shape index (κ2) is 9.54. The van der Waals surface area contributed by atoms with Crippen molar-refractivity contribution in [2.45, 2.75) is 44.9 Å². The summed E-state index contributed by atoms with van der Waals surface area (Å²) in [5, 5.41) is 0. The Morgan fingerprint density at radius 1 is 0.600 bits per heavy atom. The topological polar surface area (TPSA) is 0 Å². The van der Waals surface area contributed by atoms with Crippen LogP contribution in [0.2, 0.25) is 0 Å². The monoisotopic (exact) mass is 356 g/mol. The number of rotatable bonds is 9. The van der Waals surface area contributed by atoms with Gasteiger partial charge in [-0.05, 0) is 54.7 Å². The zero-order valence-electron chi connectivity index (χ0n) is 13.9. The quantitative estimate of drug-likeness (QED) is 0.344. The first-order chi connectivity index (χ1) is 12.0. The van der Waals surface area contributed by atoms with E-state index in [0.29, 0.717) is 24.5 Å². The molecule has 0 spiro atoms. The van der Waals surface area contributed by atoms with Crippen LogP contribution in [0.3, 0.4) is 0 Å². The molecule has 136 valence electrons. The van der Waals surface area contributed by atoms with Crippen LogP contribution >= 0.6 is 0 Å². The summed E-state index contributed by atoms with van der Waals surface area (Å²) in [5.74, 6) is -3.43. The summed E-state index contributed by atoms with van der Waals surface area (Å²) in [6.45, 7) is -0.292. The van der Waals surface area contributed by atoms with Crippen LogP contribution in [0.4, 0.5) is 22.0 Å². The molecule has 0 saturated heterocycles. The van der Waals surface area contributed by atoms with Crippen molar-refractivity contribution in [2.75, 3.05) is 6.67 Å². The molecule has 0 atom stereocenters. The summed E-state index contributed by atoms with van der Waals surface area (Å²) in [4.78, 5) is 0. The molecule has 0 bridgehead atoms. The molecule has 0 aliphatic heterocycles. The normalized spacial score (nSPS) is 11.1. The van der Waals surface area contributed by atoms with Gasteiger partial charge in [0.25, 0.3) is 0 Å². The highest BCUT2D eigenvalue weighted by atomic mass is 19.1. The lowest BCUT2D eigenvalue weighted by Gasteiger charge is -2.09. The fourth-order valence-electron chi connectivity index (χ4n) is 2.87. The number of unbranched alkanes of at least 4 members (excludes halogenated alkanes) is 5. The Balaban J connectivity index is 2.00. The molecule has 0 aliphatic carbocycles. The van der Waals surface area contributed by atoms with Gasteiger partial charge in [-0.25, -0.2) is 17.6 Å². The van der Waals surface area contributed by atoms with Crippen molar-refractivity contribution in [3.05, 3.63) is 59.2 Å². The molecule has 2 aromatic rings. The van der Waals surface area contributed by atoms with Gasteiger partial charge in [-0.1, -0.05) is 25.7 Å². The van der Waals surface area contributed by atoms with E-state index in [4.69, 9.17) is 0 Å². The van der Waals surface area contributed by atoms with Crippen LogP contribution in [0.15, 0.2) is 30.3 Å². The number of hydrogen-bond donors (Lipinski definition) is 0. The highest BCUT2D eigenvalue weighted by Gasteiger charge is 2.15. The number of alkyl halides is 1. The molecule has 0 aliphatic rings. The SMILES string of the molecule is FCCCCCCCCc1cc(F)c(-c2cc(F)cc(F)c2)c(F)c1. The lowest BCUT2D eigenvalue weighted by atomic mass is 9.99. The molecule has 2 rings (SSSR count). The molecule has 2 aromatic carbocycles. The van der Waals surface area contributed by atoms with Crippen LogP contribution in [0, 0.1) is 23.3 Å². The van der Waals surface area contributed by atoms with Gasteiger partial charge in [-0.15, -0.1) is 0 Å². The van der Waals surface area contributed by atoms with E-state index >= 15 is 0 Å². The van der Waals surface area contributed by atoms with E-state index in [2.05, 4.69) is 0 Å². The van der Waals surface area contributed by atoms with Crippen molar-refractivity contribution in [2.24, 2.45) is 0 Å². The van der Waals surface area contributed by atoms with E-state index < -0.39 is 28.8 Å². The molecule has 0 radical (unpaired) electrons. The first-order valence-electron chi connectivity index (χ1n) is 8.51. The maximum Gasteiger partial charge on any atom is 0.134 e. The Kier molecular flexibility index (Phi) is 7.41. The Morgan fingerprint density at radius 2 is 1.12 bits per heavy atom. The fraction of sp³-hybridized carbons (Fsp3) is 0.400. The predicted molar refractivity (Wildman–Crippen MR) is 89.1 cm³/mol. The Bertz CT molecular complexity index is 653. The molecule has 0 fully saturated rings. The molecule has 0 unspecified atom stereocenters. The highest BCUT2D eigenvalue weighted by molar-refractivity contribution is 5.65. The molecule has 25 heavy (non-hydrogen) atoms. The van der Waals surface area contributed by atoms with E-state index in [1.807, 2.05) is 0 Å². The van der Waals surface area contributed by atoms with Crippen LogP contribution in [0.25, 0.3) is 11.1 Å². The number of benzene rings is 2. The molecule has 0 amide bonds. The lowest BCUT2D eigenvalue weighted by molar-refractivity contribution is 0.450. The van der Waals surface area contributed by atoms with Crippen molar-refractivity contribution in [1.29, 1.82) is 0 Å². The van der Waals surface area contributed by atoms with Gasteiger partial charge in [0.1, 0.15) is 23.3 Å². The van der Waals surface area contributed by atoms with E-state index in [9.17, 15) is 22.0 Å². The lowest BCUT2D eigenvalue weighted by Crippen LogP contribution is -1.96. The minimum Gasteiger partial charge on any atom is -0.251 e. The molecule has 0 heterocycles.